The maximum absolute atomic E-state index is 13.0. The Labute approximate surface area is 139 Å². The number of H-pyrrole nitrogens is 1. The van der Waals surface area contributed by atoms with Gasteiger partial charge in [0.15, 0.2) is 0 Å². The van der Waals surface area contributed by atoms with Gasteiger partial charge in [-0.2, -0.15) is 0 Å². The highest BCUT2D eigenvalue weighted by Gasteiger charge is 2.52. The number of carbonyl (C=O) groups excluding carboxylic acids is 1. The Hall–Kier alpha value is -2.79. The number of fused-ring (bicyclic) bond motifs is 6. The van der Waals surface area contributed by atoms with E-state index >= 15 is 0 Å². The maximum atomic E-state index is 13.0. The summed E-state index contributed by atoms with van der Waals surface area (Å²) in [6.45, 7) is 0.489. The number of benzene rings is 2. The van der Waals surface area contributed by atoms with E-state index in [1.165, 1.54) is 0 Å². The number of amides is 1. The molecule has 2 aliphatic rings. The number of rotatable bonds is 0. The van der Waals surface area contributed by atoms with Gasteiger partial charge in [0, 0.05) is 24.5 Å². The number of aromatic nitrogens is 1. The van der Waals surface area contributed by atoms with Crippen LogP contribution in [0.1, 0.15) is 21.6 Å². The van der Waals surface area contributed by atoms with Crippen LogP contribution in [0.2, 0.25) is 0 Å². The Morgan fingerprint density at radius 3 is 2.75 bits per heavy atom. The largest absolute Gasteiger partial charge is 0.353 e. The quantitative estimate of drug-likeness (QED) is 0.669. The van der Waals surface area contributed by atoms with Gasteiger partial charge >= 0.3 is 0 Å². The average molecular weight is 319 g/mol. The summed E-state index contributed by atoms with van der Waals surface area (Å²) < 4.78 is 0. The van der Waals surface area contributed by atoms with Crippen LogP contribution in [0.3, 0.4) is 0 Å². The Bertz CT molecular complexity index is 993. The van der Waals surface area contributed by atoms with Gasteiger partial charge in [0.1, 0.15) is 0 Å². The zero-order valence-corrected chi connectivity index (χ0v) is 13.3. The van der Waals surface area contributed by atoms with Crippen LogP contribution in [-0.2, 0) is 12.3 Å². The second kappa shape index (κ2) is 4.39. The molecule has 0 unspecified atom stereocenters. The summed E-state index contributed by atoms with van der Waals surface area (Å²) in [6, 6.07) is 15.5. The summed E-state index contributed by atoms with van der Waals surface area (Å²) >= 11 is 0. The molecule has 120 valence electrons. The van der Waals surface area contributed by atoms with E-state index in [0.29, 0.717) is 17.8 Å². The lowest BCUT2D eigenvalue weighted by Crippen LogP contribution is -2.64. The average Bonchev–Trinajstić information content (AvgIpc) is 3.00. The summed E-state index contributed by atoms with van der Waals surface area (Å²) in [6.07, 6.45) is 0.726. The van der Waals surface area contributed by atoms with Crippen LogP contribution in [0, 0.1) is 0 Å². The van der Waals surface area contributed by atoms with Gasteiger partial charge < -0.3 is 15.0 Å². The maximum Gasteiger partial charge on any atom is 0.265 e. The van der Waals surface area contributed by atoms with Crippen LogP contribution in [0.25, 0.3) is 10.9 Å². The van der Waals surface area contributed by atoms with Crippen LogP contribution in [0.4, 0.5) is 5.69 Å². The Balaban J connectivity index is 1.81. The van der Waals surface area contributed by atoms with Crippen LogP contribution in [0.5, 0.6) is 0 Å². The standard InChI is InChI=1S/C19H17N3O2/c1-21-16-9-5-3-7-14(16)18(23)22-11-10-13-12-6-2-4-8-15(12)20-17(13)19(21,22)24/h2-9,20,24H,10-11H2,1H3/t19-/m0/s1. The Morgan fingerprint density at radius 1 is 1.12 bits per heavy atom. The summed E-state index contributed by atoms with van der Waals surface area (Å²) in [7, 11) is 1.83. The minimum Gasteiger partial charge on any atom is -0.353 e. The molecule has 0 radical (unpaired) electrons. The number of anilines is 1. The molecule has 0 aliphatic carbocycles. The van der Waals surface area contributed by atoms with Crippen molar-refractivity contribution in [3.63, 3.8) is 0 Å². The van der Waals surface area contributed by atoms with Gasteiger partial charge in [-0.25, -0.2) is 0 Å². The number of para-hydroxylation sites is 2. The predicted octanol–water partition coefficient (Wildman–Crippen LogP) is 2.42. The van der Waals surface area contributed by atoms with E-state index in [-0.39, 0.29) is 5.91 Å². The molecule has 3 aromatic rings. The molecule has 0 bridgehead atoms. The van der Waals surface area contributed by atoms with Gasteiger partial charge in [-0.1, -0.05) is 30.3 Å². The molecule has 5 heteroatoms. The van der Waals surface area contributed by atoms with Crippen LogP contribution >= 0.6 is 0 Å². The fourth-order valence-corrected chi connectivity index (χ4v) is 4.11. The molecule has 0 spiro atoms. The summed E-state index contributed by atoms with van der Waals surface area (Å²) in [5, 5.41) is 12.7. The zero-order chi connectivity index (χ0) is 16.5. The van der Waals surface area contributed by atoms with E-state index < -0.39 is 5.85 Å². The Morgan fingerprint density at radius 2 is 1.88 bits per heavy atom. The molecular formula is C19H17N3O2. The molecule has 1 atom stereocenters. The van der Waals surface area contributed by atoms with Crippen molar-refractivity contribution < 1.29 is 9.90 Å². The third-order valence-electron chi connectivity index (χ3n) is 5.32. The van der Waals surface area contributed by atoms with Gasteiger partial charge in [-0.15, -0.1) is 0 Å². The molecule has 2 aromatic carbocycles. The number of carbonyl (C=O) groups is 1. The normalized spacial score (nSPS) is 22.3. The highest BCUT2D eigenvalue weighted by Crippen LogP contribution is 2.45. The SMILES string of the molecule is CN1c2ccccc2C(=O)N2CCc3c([nH]c4ccccc34)[C@@]21O. The van der Waals surface area contributed by atoms with Crippen LogP contribution in [-0.4, -0.2) is 34.5 Å². The number of aromatic amines is 1. The molecule has 24 heavy (non-hydrogen) atoms. The van der Waals surface area contributed by atoms with Gasteiger partial charge in [-0.05, 0) is 30.2 Å². The molecule has 0 fully saturated rings. The van der Waals surface area contributed by atoms with Crippen LogP contribution < -0.4 is 4.90 Å². The minimum absolute atomic E-state index is 0.129. The van der Waals surface area contributed by atoms with Gasteiger partial charge in [0.2, 0.25) is 0 Å². The van der Waals surface area contributed by atoms with E-state index in [1.807, 2.05) is 49.5 Å². The topological polar surface area (TPSA) is 59.6 Å². The number of hydrogen-bond donors (Lipinski definition) is 2. The molecule has 2 N–H and O–H groups in total. The van der Waals surface area contributed by atoms with Crippen molar-refractivity contribution in [2.75, 3.05) is 18.5 Å². The Kier molecular flexibility index (Phi) is 2.49. The fourth-order valence-electron chi connectivity index (χ4n) is 4.11. The zero-order valence-electron chi connectivity index (χ0n) is 13.3. The molecule has 0 saturated carbocycles. The van der Waals surface area contributed by atoms with Crippen molar-refractivity contribution in [3.05, 3.63) is 65.4 Å². The lowest BCUT2D eigenvalue weighted by atomic mass is 9.94. The van der Waals surface area contributed by atoms with E-state index in [9.17, 15) is 9.90 Å². The number of aliphatic hydroxyl groups is 1. The third-order valence-corrected chi connectivity index (χ3v) is 5.32. The molecule has 1 aromatic heterocycles. The number of nitrogens with zero attached hydrogens (tertiary/aromatic N) is 2. The van der Waals surface area contributed by atoms with E-state index in [1.54, 1.807) is 9.80 Å². The van der Waals surface area contributed by atoms with Crippen molar-refractivity contribution in [1.29, 1.82) is 0 Å². The molecule has 5 nitrogen and oxygen atoms in total. The first-order valence-corrected chi connectivity index (χ1v) is 8.09. The highest BCUT2D eigenvalue weighted by atomic mass is 16.3. The minimum atomic E-state index is -1.49. The lowest BCUT2D eigenvalue weighted by Gasteiger charge is -2.51. The highest BCUT2D eigenvalue weighted by molar-refractivity contribution is 6.03. The molecule has 0 saturated heterocycles. The smallest absolute Gasteiger partial charge is 0.265 e. The fraction of sp³-hybridized carbons (Fsp3) is 0.211. The molecular weight excluding hydrogens is 302 g/mol. The van der Waals surface area contributed by atoms with Crippen molar-refractivity contribution in [3.8, 4) is 0 Å². The molecule has 1 amide bonds. The van der Waals surface area contributed by atoms with Crippen molar-refractivity contribution >= 4 is 22.5 Å². The number of hydrogen-bond acceptors (Lipinski definition) is 3. The first-order chi connectivity index (χ1) is 11.6. The molecule has 3 heterocycles. The summed E-state index contributed by atoms with van der Waals surface area (Å²) in [5.41, 5.74) is 4.14. The second-order valence-corrected chi connectivity index (χ2v) is 6.44. The van der Waals surface area contributed by atoms with Gasteiger partial charge in [-0.3, -0.25) is 9.69 Å². The van der Waals surface area contributed by atoms with E-state index in [4.69, 9.17) is 0 Å². The summed E-state index contributed by atoms with van der Waals surface area (Å²) in [4.78, 5) is 19.7. The number of nitrogens with one attached hydrogen (secondary N) is 1. The summed E-state index contributed by atoms with van der Waals surface area (Å²) in [5.74, 6) is -1.62. The third kappa shape index (κ3) is 1.45. The van der Waals surface area contributed by atoms with E-state index in [2.05, 4.69) is 11.1 Å². The van der Waals surface area contributed by atoms with Crippen LogP contribution in [0.15, 0.2) is 48.5 Å². The molecule has 5 rings (SSSR count). The van der Waals surface area contributed by atoms with Crippen molar-refractivity contribution in [1.82, 2.24) is 9.88 Å². The first kappa shape index (κ1) is 13.6. The van der Waals surface area contributed by atoms with Crippen molar-refractivity contribution in [2.24, 2.45) is 0 Å². The van der Waals surface area contributed by atoms with Gasteiger partial charge in [0.25, 0.3) is 11.8 Å². The molecule has 2 aliphatic heterocycles. The van der Waals surface area contributed by atoms with E-state index in [0.717, 1.165) is 28.6 Å². The van der Waals surface area contributed by atoms with Crippen molar-refractivity contribution in [2.45, 2.75) is 12.3 Å². The monoisotopic (exact) mass is 319 g/mol. The first-order valence-electron chi connectivity index (χ1n) is 8.09. The lowest BCUT2D eigenvalue weighted by molar-refractivity contribution is -0.105. The van der Waals surface area contributed by atoms with Gasteiger partial charge in [0.05, 0.1) is 16.9 Å². The predicted molar refractivity (Wildman–Crippen MR) is 91.8 cm³/mol. The second-order valence-electron chi connectivity index (χ2n) is 6.44.